The Kier molecular flexibility index (Phi) is 6.06. The van der Waals surface area contributed by atoms with E-state index in [0.717, 1.165) is 23.6 Å². The summed E-state index contributed by atoms with van der Waals surface area (Å²) in [4.78, 5) is 20.1. The molecule has 1 aliphatic heterocycles. The maximum atomic E-state index is 12.6. The van der Waals surface area contributed by atoms with Crippen molar-refractivity contribution in [2.75, 3.05) is 38.2 Å². The molecule has 2 aromatic rings. The SMILES string of the molecule is COc1cccc(CCC(=O)N2CCN(c3ccc(C(F)(F)F)cn3)CC2)c1. The number of aryl methyl sites for hydroxylation is 1. The Morgan fingerprint density at radius 2 is 1.89 bits per heavy atom. The number of piperazine rings is 1. The van der Waals surface area contributed by atoms with Crippen LogP contribution in [0.1, 0.15) is 17.5 Å². The number of rotatable bonds is 5. The molecule has 0 atom stereocenters. The van der Waals surface area contributed by atoms with E-state index in [9.17, 15) is 18.0 Å². The highest BCUT2D eigenvalue weighted by molar-refractivity contribution is 5.76. The zero-order valence-corrected chi connectivity index (χ0v) is 15.6. The Hall–Kier alpha value is -2.77. The van der Waals surface area contributed by atoms with Gasteiger partial charge in [0.2, 0.25) is 5.91 Å². The summed E-state index contributed by atoms with van der Waals surface area (Å²) in [7, 11) is 1.61. The van der Waals surface area contributed by atoms with Gasteiger partial charge in [-0.3, -0.25) is 4.79 Å². The van der Waals surface area contributed by atoms with Gasteiger partial charge in [0.25, 0.3) is 0 Å². The van der Waals surface area contributed by atoms with Gasteiger partial charge >= 0.3 is 6.18 Å². The van der Waals surface area contributed by atoms with Crippen molar-refractivity contribution in [1.29, 1.82) is 0 Å². The standard InChI is InChI=1S/C20H22F3N3O2/c1-28-17-4-2-3-15(13-17)5-8-19(27)26-11-9-25(10-12-26)18-7-6-16(14-24-18)20(21,22)23/h2-4,6-7,13-14H,5,8-12H2,1H3. The highest BCUT2D eigenvalue weighted by Crippen LogP contribution is 2.29. The minimum absolute atomic E-state index is 0.0721. The second-order valence-electron chi connectivity index (χ2n) is 6.62. The van der Waals surface area contributed by atoms with Crippen LogP contribution in [0.25, 0.3) is 0 Å². The predicted octanol–water partition coefficient (Wildman–Crippen LogP) is 3.39. The molecule has 0 saturated carbocycles. The largest absolute Gasteiger partial charge is 0.497 e. The van der Waals surface area contributed by atoms with Crippen molar-refractivity contribution in [3.05, 3.63) is 53.7 Å². The first-order valence-electron chi connectivity index (χ1n) is 9.06. The van der Waals surface area contributed by atoms with Crippen LogP contribution in [-0.2, 0) is 17.4 Å². The molecule has 1 aromatic carbocycles. The zero-order chi connectivity index (χ0) is 20.1. The number of nitrogens with zero attached hydrogens (tertiary/aromatic N) is 3. The number of amides is 1. The number of benzene rings is 1. The minimum atomic E-state index is -4.39. The van der Waals surface area contributed by atoms with Crippen molar-refractivity contribution in [2.45, 2.75) is 19.0 Å². The van der Waals surface area contributed by atoms with Gasteiger partial charge in [-0.2, -0.15) is 13.2 Å². The second-order valence-corrected chi connectivity index (χ2v) is 6.62. The molecule has 8 heteroatoms. The molecule has 0 radical (unpaired) electrons. The summed E-state index contributed by atoms with van der Waals surface area (Å²) in [6, 6.07) is 10.1. The lowest BCUT2D eigenvalue weighted by atomic mass is 10.1. The number of hydrogen-bond donors (Lipinski definition) is 0. The van der Waals surface area contributed by atoms with Gasteiger partial charge in [-0.15, -0.1) is 0 Å². The summed E-state index contributed by atoms with van der Waals surface area (Å²) in [6.07, 6.45) is -2.50. The summed E-state index contributed by atoms with van der Waals surface area (Å²) in [6.45, 7) is 2.14. The van der Waals surface area contributed by atoms with Crippen molar-refractivity contribution >= 4 is 11.7 Å². The normalized spacial score (nSPS) is 14.9. The first-order chi connectivity index (χ1) is 13.4. The van der Waals surface area contributed by atoms with Crippen LogP contribution < -0.4 is 9.64 Å². The molecule has 0 spiro atoms. The third-order valence-corrected chi connectivity index (χ3v) is 4.79. The van der Waals surface area contributed by atoms with Gasteiger partial charge in [0.1, 0.15) is 11.6 Å². The molecule has 150 valence electrons. The van der Waals surface area contributed by atoms with Crippen molar-refractivity contribution in [2.24, 2.45) is 0 Å². The summed E-state index contributed by atoms with van der Waals surface area (Å²) >= 11 is 0. The van der Waals surface area contributed by atoms with Crippen LogP contribution in [0.5, 0.6) is 5.75 Å². The van der Waals surface area contributed by atoms with E-state index in [2.05, 4.69) is 4.98 Å². The molecular formula is C20H22F3N3O2. The Balaban J connectivity index is 1.49. The van der Waals surface area contributed by atoms with Gasteiger partial charge in [-0.1, -0.05) is 12.1 Å². The van der Waals surface area contributed by atoms with Gasteiger partial charge in [0.15, 0.2) is 0 Å². The molecule has 1 saturated heterocycles. The number of pyridine rings is 1. The first-order valence-corrected chi connectivity index (χ1v) is 9.06. The molecule has 2 heterocycles. The van der Waals surface area contributed by atoms with Crippen LogP contribution in [0.2, 0.25) is 0 Å². The number of anilines is 1. The fourth-order valence-corrected chi connectivity index (χ4v) is 3.16. The van der Waals surface area contributed by atoms with Crippen LogP contribution in [0, 0.1) is 0 Å². The quantitative estimate of drug-likeness (QED) is 0.781. The molecule has 5 nitrogen and oxygen atoms in total. The van der Waals surface area contributed by atoms with Crippen molar-refractivity contribution < 1.29 is 22.7 Å². The number of alkyl halides is 3. The van der Waals surface area contributed by atoms with Gasteiger partial charge in [0.05, 0.1) is 12.7 Å². The van der Waals surface area contributed by atoms with Crippen LogP contribution in [0.15, 0.2) is 42.6 Å². The summed E-state index contributed by atoms with van der Waals surface area (Å²) in [5.41, 5.74) is 0.280. The van der Waals surface area contributed by atoms with E-state index < -0.39 is 11.7 Å². The number of ether oxygens (including phenoxy) is 1. The smallest absolute Gasteiger partial charge is 0.417 e. The number of carbonyl (C=O) groups is 1. The number of hydrogen-bond acceptors (Lipinski definition) is 4. The highest BCUT2D eigenvalue weighted by Gasteiger charge is 2.31. The third kappa shape index (κ3) is 4.94. The summed E-state index contributed by atoms with van der Waals surface area (Å²) in [5.74, 6) is 1.34. The lowest BCUT2D eigenvalue weighted by Gasteiger charge is -2.35. The average Bonchev–Trinajstić information content (AvgIpc) is 2.72. The topological polar surface area (TPSA) is 45.7 Å². The molecule has 1 amide bonds. The van der Waals surface area contributed by atoms with Crippen molar-refractivity contribution in [1.82, 2.24) is 9.88 Å². The summed E-state index contributed by atoms with van der Waals surface area (Å²) < 4.78 is 43.1. The number of aromatic nitrogens is 1. The number of halogens is 3. The number of methoxy groups -OCH3 is 1. The molecule has 0 bridgehead atoms. The maximum absolute atomic E-state index is 12.6. The predicted molar refractivity (Wildman–Crippen MR) is 99.3 cm³/mol. The van der Waals surface area contributed by atoms with E-state index in [4.69, 9.17) is 4.74 Å². The number of carbonyl (C=O) groups excluding carboxylic acids is 1. The van der Waals surface area contributed by atoms with Crippen LogP contribution >= 0.6 is 0 Å². The summed E-state index contributed by atoms with van der Waals surface area (Å²) in [5, 5.41) is 0. The van der Waals surface area contributed by atoms with Crippen molar-refractivity contribution in [3.63, 3.8) is 0 Å². The second kappa shape index (κ2) is 8.50. The molecular weight excluding hydrogens is 371 g/mol. The molecule has 0 N–H and O–H groups in total. The Morgan fingerprint density at radius 3 is 2.50 bits per heavy atom. The molecule has 0 unspecified atom stereocenters. The molecule has 28 heavy (non-hydrogen) atoms. The molecule has 0 aliphatic carbocycles. The average molecular weight is 393 g/mol. The van der Waals surface area contributed by atoms with Gasteiger partial charge < -0.3 is 14.5 Å². The zero-order valence-electron chi connectivity index (χ0n) is 15.6. The Bertz CT molecular complexity index is 801. The first kappa shape index (κ1) is 20.0. The van der Waals surface area contributed by atoms with Gasteiger partial charge in [-0.05, 0) is 36.2 Å². The minimum Gasteiger partial charge on any atom is -0.497 e. The lowest BCUT2D eigenvalue weighted by Crippen LogP contribution is -2.49. The van der Waals surface area contributed by atoms with Gasteiger partial charge in [0, 0.05) is 38.8 Å². The van der Waals surface area contributed by atoms with Crippen molar-refractivity contribution in [3.8, 4) is 5.75 Å². The maximum Gasteiger partial charge on any atom is 0.417 e. The van der Waals surface area contributed by atoms with E-state index in [1.54, 1.807) is 12.0 Å². The van der Waals surface area contributed by atoms with E-state index in [0.29, 0.717) is 44.8 Å². The van der Waals surface area contributed by atoms with E-state index in [-0.39, 0.29) is 5.91 Å². The van der Waals surface area contributed by atoms with Crippen LogP contribution in [0.3, 0.4) is 0 Å². The molecule has 3 rings (SSSR count). The Labute approximate surface area is 161 Å². The van der Waals surface area contributed by atoms with E-state index in [1.807, 2.05) is 29.2 Å². The fraction of sp³-hybridized carbons (Fsp3) is 0.400. The Morgan fingerprint density at radius 1 is 1.14 bits per heavy atom. The van der Waals surface area contributed by atoms with Crippen LogP contribution in [0.4, 0.5) is 19.0 Å². The molecule has 1 aromatic heterocycles. The van der Waals surface area contributed by atoms with Gasteiger partial charge in [-0.25, -0.2) is 4.98 Å². The van der Waals surface area contributed by atoms with Crippen LogP contribution in [-0.4, -0.2) is 49.1 Å². The highest BCUT2D eigenvalue weighted by atomic mass is 19.4. The molecule has 1 aliphatic rings. The third-order valence-electron chi connectivity index (χ3n) is 4.79. The molecule has 1 fully saturated rings. The monoisotopic (exact) mass is 393 g/mol. The lowest BCUT2D eigenvalue weighted by molar-refractivity contribution is -0.137. The van der Waals surface area contributed by atoms with E-state index in [1.165, 1.54) is 6.07 Å². The fourth-order valence-electron chi connectivity index (χ4n) is 3.16. The van der Waals surface area contributed by atoms with E-state index >= 15 is 0 Å².